The number of hydrogen-bond donors (Lipinski definition) is 3. The van der Waals surface area contributed by atoms with Crippen molar-refractivity contribution in [2.75, 3.05) is 12.8 Å². The molecule has 1 heterocycles. The van der Waals surface area contributed by atoms with E-state index in [1.807, 2.05) is 0 Å². The lowest BCUT2D eigenvalue weighted by molar-refractivity contribution is -0.147. The molecule has 0 aromatic carbocycles. The molecule has 1 fully saturated rings. The molecule has 0 saturated carbocycles. The van der Waals surface area contributed by atoms with Crippen molar-refractivity contribution in [1.29, 1.82) is 0 Å². The molecule has 2 atom stereocenters. The maximum atomic E-state index is 11.9. The van der Waals surface area contributed by atoms with Crippen LogP contribution in [0.15, 0.2) is 0 Å². The third-order valence-electron chi connectivity index (χ3n) is 2.93. The highest BCUT2D eigenvalue weighted by Gasteiger charge is 2.38. The predicted molar refractivity (Wildman–Crippen MR) is 66.4 cm³/mol. The van der Waals surface area contributed by atoms with Crippen LogP contribution >= 0.6 is 0 Å². The molecule has 1 rings (SSSR count). The van der Waals surface area contributed by atoms with Crippen molar-refractivity contribution in [3.05, 3.63) is 0 Å². The van der Waals surface area contributed by atoms with E-state index in [9.17, 15) is 22.8 Å². The second-order valence-corrected chi connectivity index (χ2v) is 6.46. The number of carboxylic acid groups (broad SMARTS) is 2. The Balaban J connectivity index is 2.78. The smallest absolute Gasteiger partial charge is 0.326 e. The first kappa shape index (κ1) is 16.4. The average Bonchev–Trinajstić information content (AvgIpc) is 2.75. The predicted octanol–water partition coefficient (Wildman–Crippen LogP) is -1.55. The number of nitrogens with one attached hydrogen (secondary N) is 1. The van der Waals surface area contributed by atoms with E-state index in [0.717, 1.165) is 10.6 Å². The van der Waals surface area contributed by atoms with Crippen LogP contribution in [0.5, 0.6) is 0 Å². The minimum absolute atomic E-state index is 0.188. The van der Waals surface area contributed by atoms with E-state index in [2.05, 4.69) is 5.32 Å². The van der Waals surface area contributed by atoms with Crippen molar-refractivity contribution in [3.8, 4) is 0 Å². The van der Waals surface area contributed by atoms with E-state index in [0.29, 0.717) is 6.42 Å². The largest absolute Gasteiger partial charge is 0.481 e. The maximum Gasteiger partial charge on any atom is 0.326 e. The van der Waals surface area contributed by atoms with E-state index in [1.54, 1.807) is 0 Å². The first-order valence-electron chi connectivity index (χ1n) is 5.84. The summed E-state index contributed by atoms with van der Waals surface area (Å²) in [4.78, 5) is 33.3. The monoisotopic (exact) mass is 308 g/mol. The van der Waals surface area contributed by atoms with E-state index in [1.165, 1.54) is 0 Å². The Hall–Kier alpha value is -1.68. The minimum atomic E-state index is -3.57. The van der Waals surface area contributed by atoms with Gasteiger partial charge in [0.25, 0.3) is 0 Å². The molecule has 20 heavy (non-hydrogen) atoms. The molecule has 9 nitrogen and oxygen atoms in total. The Morgan fingerprint density at radius 2 is 1.95 bits per heavy atom. The van der Waals surface area contributed by atoms with E-state index < -0.39 is 46.4 Å². The fourth-order valence-electron chi connectivity index (χ4n) is 2.04. The molecule has 0 spiro atoms. The number of hydrogen-bond acceptors (Lipinski definition) is 5. The van der Waals surface area contributed by atoms with Crippen LogP contribution in [0, 0.1) is 0 Å². The Morgan fingerprint density at radius 3 is 2.40 bits per heavy atom. The highest BCUT2D eigenvalue weighted by Crippen LogP contribution is 2.20. The fraction of sp³-hybridized carbons (Fsp3) is 0.700. The highest BCUT2D eigenvalue weighted by atomic mass is 32.2. The van der Waals surface area contributed by atoms with E-state index >= 15 is 0 Å². The Kier molecular flexibility index (Phi) is 5.06. The lowest BCUT2D eigenvalue weighted by Crippen LogP contribution is -2.51. The maximum absolute atomic E-state index is 11.9. The average molecular weight is 308 g/mol. The third-order valence-corrected chi connectivity index (χ3v) is 4.21. The topological polar surface area (TPSA) is 141 Å². The second kappa shape index (κ2) is 6.18. The van der Waals surface area contributed by atoms with Gasteiger partial charge in [0.15, 0.2) is 0 Å². The summed E-state index contributed by atoms with van der Waals surface area (Å²) >= 11 is 0. The molecule has 114 valence electrons. The zero-order valence-electron chi connectivity index (χ0n) is 10.8. The van der Waals surface area contributed by atoms with Gasteiger partial charge in [0.2, 0.25) is 15.9 Å². The van der Waals surface area contributed by atoms with Gasteiger partial charge in [-0.25, -0.2) is 13.2 Å². The molecule has 1 saturated heterocycles. The summed E-state index contributed by atoms with van der Waals surface area (Å²) in [7, 11) is -3.57. The summed E-state index contributed by atoms with van der Waals surface area (Å²) in [5.74, 6) is -3.64. The fourth-order valence-corrected chi connectivity index (χ4v) is 3.17. The molecule has 1 unspecified atom stereocenters. The summed E-state index contributed by atoms with van der Waals surface area (Å²) < 4.78 is 24.0. The minimum Gasteiger partial charge on any atom is -0.481 e. The van der Waals surface area contributed by atoms with Crippen LogP contribution in [0.25, 0.3) is 0 Å². The van der Waals surface area contributed by atoms with E-state index in [4.69, 9.17) is 10.2 Å². The number of carbonyl (C=O) groups excluding carboxylic acids is 1. The lowest BCUT2D eigenvalue weighted by Gasteiger charge is -2.23. The molecule has 0 aromatic rings. The Bertz CT molecular complexity index is 516. The summed E-state index contributed by atoms with van der Waals surface area (Å²) in [5, 5.41) is 19.5. The summed E-state index contributed by atoms with van der Waals surface area (Å²) in [5.41, 5.74) is 0. The standard InChI is InChI=1S/C10H16N2O7S/c1-20(18,19)12-4-2-3-7(12)9(15)11-6(10(16)17)5-8(13)14/h6-7H,2-5H2,1H3,(H,11,15)(H,13,14)(H,16,17)/t6-,7?/m0/s1. The van der Waals surface area contributed by atoms with Crippen LogP contribution in [0.3, 0.4) is 0 Å². The van der Waals surface area contributed by atoms with Crippen molar-refractivity contribution in [1.82, 2.24) is 9.62 Å². The zero-order chi connectivity index (χ0) is 15.5. The molecule has 0 bridgehead atoms. The number of rotatable bonds is 6. The summed E-state index contributed by atoms with van der Waals surface area (Å²) in [6.45, 7) is 0.188. The molecule has 0 aliphatic carbocycles. The van der Waals surface area contributed by atoms with Gasteiger partial charge in [0.1, 0.15) is 12.1 Å². The number of nitrogens with zero attached hydrogens (tertiary/aromatic N) is 1. The van der Waals surface area contributed by atoms with Crippen molar-refractivity contribution >= 4 is 27.9 Å². The van der Waals surface area contributed by atoms with Crippen LogP contribution in [0.1, 0.15) is 19.3 Å². The molecular weight excluding hydrogens is 292 g/mol. The van der Waals surface area contributed by atoms with Crippen LogP contribution in [-0.4, -0.2) is 65.7 Å². The summed E-state index contributed by atoms with van der Waals surface area (Å²) in [6, 6.07) is -2.57. The number of amides is 1. The van der Waals surface area contributed by atoms with Gasteiger partial charge in [0, 0.05) is 6.54 Å². The van der Waals surface area contributed by atoms with Crippen molar-refractivity contribution in [2.24, 2.45) is 0 Å². The van der Waals surface area contributed by atoms with Gasteiger partial charge in [-0.05, 0) is 12.8 Å². The van der Waals surface area contributed by atoms with Crippen molar-refractivity contribution in [3.63, 3.8) is 0 Å². The Morgan fingerprint density at radius 1 is 1.35 bits per heavy atom. The number of carboxylic acids is 2. The van der Waals surface area contributed by atoms with Crippen LogP contribution in [-0.2, 0) is 24.4 Å². The van der Waals surface area contributed by atoms with Gasteiger partial charge < -0.3 is 15.5 Å². The van der Waals surface area contributed by atoms with Crippen molar-refractivity contribution in [2.45, 2.75) is 31.3 Å². The van der Waals surface area contributed by atoms with Crippen LogP contribution < -0.4 is 5.32 Å². The molecule has 3 N–H and O–H groups in total. The van der Waals surface area contributed by atoms with Crippen LogP contribution in [0.2, 0.25) is 0 Å². The van der Waals surface area contributed by atoms with Gasteiger partial charge >= 0.3 is 11.9 Å². The third kappa shape index (κ3) is 4.17. The molecule has 1 aliphatic rings. The van der Waals surface area contributed by atoms with Gasteiger partial charge in [-0.2, -0.15) is 4.31 Å². The van der Waals surface area contributed by atoms with Gasteiger partial charge in [-0.15, -0.1) is 0 Å². The quantitative estimate of drug-likeness (QED) is 0.539. The molecular formula is C10H16N2O7S. The first-order chi connectivity index (χ1) is 9.12. The second-order valence-electron chi connectivity index (χ2n) is 4.53. The molecule has 0 radical (unpaired) electrons. The van der Waals surface area contributed by atoms with Gasteiger partial charge in [-0.1, -0.05) is 0 Å². The lowest BCUT2D eigenvalue weighted by atomic mass is 10.1. The molecule has 1 amide bonds. The Labute approximate surface area is 115 Å². The van der Waals surface area contributed by atoms with Crippen molar-refractivity contribution < 1.29 is 33.0 Å². The first-order valence-corrected chi connectivity index (χ1v) is 7.69. The normalized spacial score (nSPS) is 21.4. The number of aliphatic carboxylic acids is 2. The van der Waals surface area contributed by atoms with Gasteiger partial charge in [0.05, 0.1) is 12.7 Å². The summed E-state index contributed by atoms with van der Waals surface area (Å²) in [6.07, 6.45) is 0.956. The zero-order valence-corrected chi connectivity index (χ0v) is 11.6. The number of sulfonamides is 1. The SMILES string of the molecule is CS(=O)(=O)N1CCCC1C(=O)N[C@@H](CC(=O)O)C(=O)O. The van der Waals surface area contributed by atoms with Crippen LogP contribution in [0.4, 0.5) is 0 Å². The molecule has 1 aliphatic heterocycles. The molecule has 10 heteroatoms. The highest BCUT2D eigenvalue weighted by molar-refractivity contribution is 7.88. The van der Waals surface area contributed by atoms with E-state index in [-0.39, 0.29) is 13.0 Å². The van der Waals surface area contributed by atoms with Gasteiger partial charge in [-0.3, -0.25) is 9.59 Å². The molecule has 0 aromatic heterocycles. The number of carbonyl (C=O) groups is 3.